The van der Waals surface area contributed by atoms with Gasteiger partial charge >= 0.3 is 0 Å². The molecule has 0 aliphatic heterocycles. The average molecular weight is 373 g/mol. The van der Waals surface area contributed by atoms with Crippen molar-refractivity contribution >= 4 is 39.0 Å². The first-order chi connectivity index (χ1) is 9.93. The summed E-state index contributed by atoms with van der Waals surface area (Å²) >= 11 is 9.02. The molecular formula is C14H8BrClFNO3. The van der Waals surface area contributed by atoms with Gasteiger partial charge in [0.2, 0.25) is 0 Å². The summed E-state index contributed by atoms with van der Waals surface area (Å²) in [6.07, 6.45) is 0. The number of nitro groups is 1. The Labute approximate surface area is 132 Å². The van der Waals surface area contributed by atoms with E-state index < -0.39 is 16.5 Å². The number of hydrogen-bond donors (Lipinski definition) is 0. The van der Waals surface area contributed by atoms with E-state index in [1.807, 2.05) is 0 Å². The van der Waals surface area contributed by atoms with E-state index in [9.17, 15) is 19.3 Å². The third-order valence-electron chi connectivity index (χ3n) is 2.86. The minimum Gasteiger partial charge on any atom is -0.289 e. The van der Waals surface area contributed by atoms with Gasteiger partial charge in [-0.15, -0.1) is 0 Å². The van der Waals surface area contributed by atoms with Crippen molar-refractivity contribution in [2.75, 3.05) is 0 Å². The summed E-state index contributed by atoms with van der Waals surface area (Å²) in [5.41, 5.74) is 0.323. The van der Waals surface area contributed by atoms with Crippen LogP contribution in [0.25, 0.3) is 0 Å². The number of ketones is 1. The van der Waals surface area contributed by atoms with Crippen LogP contribution in [-0.2, 0) is 5.33 Å². The zero-order chi connectivity index (χ0) is 15.6. The van der Waals surface area contributed by atoms with Gasteiger partial charge in [0.25, 0.3) is 5.69 Å². The summed E-state index contributed by atoms with van der Waals surface area (Å²) in [5, 5.41) is 11.4. The molecule has 21 heavy (non-hydrogen) atoms. The van der Waals surface area contributed by atoms with Crippen molar-refractivity contribution in [3.8, 4) is 0 Å². The van der Waals surface area contributed by atoms with Crippen molar-refractivity contribution in [1.29, 1.82) is 0 Å². The maximum absolute atomic E-state index is 13.2. The molecule has 0 aromatic heterocycles. The van der Waals surface area contributed by atoms with Crippen molar-refractivity contribution in [3.63, 3.8) is 0 Å². The predicted molar refractivity (Wildman–Crippen MR) is 80.6 cm³/mol. The molecule has 0 aliphatic carbocycles. The molecular weight excluding hydrogens is 365 g/mol. The molecule has 0 amide bonds. The second-order valence-corrected chi connectivity index (χ2v) is 5.16. The third kappa shape index (κ3) is 3.28. The van der Waals surface area contributed by atoms with Crippen LogP contribution in [0.2, 0.25) is 5.02 Å². The van der Waals surface area contributed by atoms with E-state index in [4.69, 9.17) is 11.6 Å². The molecule has 2 aromatic rings. The van der Waals surface area contributed by atoms with Gasteiger partial charge in [-0.05, 0) is 18.2 Å². The van der Waals surface area contributed by atoms with Gasteiger partial charge in [-0.1, -0.05) is 39.7 Å². The van der Waals surface area contributed by atoms with E-state index in [1.165, 1.54) is 24.3 Å². The Hall–Kier alpha value is -1.79. The summed E-state index contributed by atoms with van der Waals surface area (Å²) in [5.74, 6) is -1.17. The molecule has 4 nitrogen and oxygen atoms in total. The van der Waals surface area contributed by atoms with E-state index in [2.05, 4.69) is 15.9 Å². The molecule has 0 saturated carbocycles. The number of benzene rings is 2. The standard InChI is InChI=1S/C14H8BrClFNO3/c15-7-9-2-1-8(5-13(9)18(20)21)14(19)11-6-10(17)3-4-12(11)16/h1-6H,7H2. The quantitative estimate of drug-likeness (QED) is 0.343. The first-order valence-electron chi connectivity index (χ1n) is 5.77. The molecule has 0 radical (unpaired) electrons. The molecule has 0 aliphatic rings. The summed E-state index contributed by atoms with van der Waals surface area (Å²) in [4.78, 5) is 22.7. The maximum Gasteiger partial charge on any atom is 0.274 e. The van der Waals surface area contributed by atoms with Crippen molar-refractivity contribution in [2.24, 2.45) is 0 Å². The van der Waals surface area contributed by atoms with E-state index in [-0.39, 0.29) is 21.8 Å². The fourth-order valence-corrected chi connectivity index (χ4v) is 2.49. The van der Waals surface area contributed by atoms with E-state index >= 15 is 0 Å². The predicted octanol–water partition coefficient (Wildman–Crippen LogP) is 4.51. The Morgan fingerprint density at radius 3 is 2.62 bits per heavy atom. The lowest BCUT2D eigenvalue weighted by atomic mass is 10.0. The minimum atomic E-state index is -0.602. The Kier molecular flexibility index (Phi) is 4.69. The number of nitro benzene ring substituents is 1. The Morgan fingerprint density at radius 2 is 2.00 bits per heavy atom. The lowest BCUT2D eigenvalue weighted by Gasteiger charge is -2.06. The van der Waals surface area contributed by atoms with Crippen LogP contribution in [0.15, 0.2) is 36.4 Å². The summed E-state index contributed by atoms with van der Waals surface area (Å²) < 4.78 is 13.2. The molecule has 0 bridgehead atoms. The molecule has 7 heteroatoms. The molecule has 0 heterocycles. The second-order valence-electron chi connectivity index (χ2n) is 4.19. The van der Waals surface area contributed by atoms with Gasteiger partial charge in [0.1, 0.15) is 5.82 Å². The lowest BCUT2D eigenvalue weighted by Crippen LogP contribution is -2.05. The normalized spacial score (nSPS) is 10.4. The Balaban J connectivity index is 2.51. The highest BCUT2D eigenvalue weighted by molar-refractivity contribution is 9.08. The van der Waals surface area contributed by atoms with Crippen LogP contribution in [-0.4, -0.2) is 10.7 Å². The molecule has 0 spiro atoms. The Morgan fingerprint density at radius 1 is 1.29 bits per heavy atom. The average Bonchev–Trinajstić information content (AvgIpc) is 2.48. The number of nitrogens with zero attached hydrogens (tertiary/aromatic N) is 1. The van der Waals surface area contributed by atoms with Crippen molar-refractivity contribution in [3.05, 3.63) is 74.0 Å². The largest absolute Gasteiger partial charge is 0.289 e. The van der Waals surface area contributed by atoms with Gasteiger partial charge in [-0.2, -0.15) is 0 Å². The maximum atomic E-state index is 13.2. The molecule has 0 saturated heterocycles. The highest BCUT2D eigenvalue weighted by Gasteiger charge is 2.19. The van der Waals surface area contributed by atoms with Crippen LogP contribution in [0.3, 0.4) is 0 Å². The number of carbonyl (C=O) groups excluding carboxylic acids is 1. The molecule has 0 unspecified atom stereocenters. The summed E-state index contributed by atoms with van der Waals surface area (Å²) in [6, 6.07) is 7.51. The first-order valence-corrected chi connectivity index (χ1v) is 7.27. The fourth-order valence-electron chi connectivity index (χ4n) is 1.82. The van der Waals surface area contributed by atoms with Gasteiger partial charge in [0, 0.05) is 28.1 Å². The number of rotatable bonds is 4. The van der Waals surface area contributed by atoms with Crippen molar-refractivity contribution in [1.82, 2.24) is 0 Å². The fraction of sp³-hybridized carbons (Fsp3) is 0.0714. The number of alkyl halides is 1. The zero-order valence-electron chi connectivity index (χ0n) is 10.5. The van der Waals surface area contributed by atoms with Crippen LogP contribution in [0.5, 0.6) is 0 Å². The highest BCUT2D eigenvalue weighted by atomic mass is 79.9. The number of carbonyl (C=O) groups is 1. The topological polar surface area (TPSA) is 60.2 Å². The van der Waals surface area contributed by atoms with E-state index in [1.54, 1.807) is 0 Å². The Bertz CT molecular complexity index is 736. The van der Waals surface area contributed by atoms with Crippen molar-refractivity contribution in [2.45, 2.75) is 5.33 Å². The van der Waals surface area contributed by atoms with Gasteiger partial charge in [0.05, 0.1) is 9.95 Å². The minimum absolute atomic E-state index is 0.0300. The molecule has 0 atom stereocenters. The monoisotopic (exact) mass is 371 g/mol. The highest BCUT2D eigenvalue weighted by Crippen LogP contribution is 2.26. The first kappa shape index (κ1) is 15.6. The molecule has 0 fully saturated rings. The van der Waals surface area contributed by atoms with Gasteiger partial charge in [-0.25, -0.2) is 4.39 Å². The van der Waals surface area contributed by atoms with Crippen LogP contribution < -0.4 is 0 Å². The summed E-state index contributed by atoms with van der Waals surface area (Å²) in [7, 11) is 0. The molecule has 2 aromatic carbocycles. The summed E-state index contributed by atoms with van der Waals surface area (Å²) in [6.45, 7) is 0. The van der Waals surface area contributed by atoms with Crippen molar-refractivity contribution < 1.29 is 14.1 Å². The van der Waals surface area contributed by atoms with E-state index in [0.717, 1.165) is 12.1 Å². The number of hydrogen-bond acceptors (Lipinski definition) is 3. The lowest BCUT2D eigenvalue weighted by molar-refractivity contribution is -0.385. The molecule has 108 valence electrons. The number of halogens is 3. The van der Waals surface area contributed by atoms with Crippen LogP contribution in [0.1, 0.15) is 21.5 Å². The zero-order valence-corrected chi connectivity index (χ0v) is 12.8. The van der Waals surface area contributed by atoms with Gasteiger partial charge in [-0.3, -0.25) is 14.9 Å². The van der Waals surface area contributed by atoms with Crippen LogP contribution in [0, 0.1) is 15.9 Å². The smallest absolute Gasteiger partial charge is 0.274 e. The van der Waals surface area contributed by atoms with Gasteiger partial charge < -0.3 is 0 Å². The SMILES string of the molecule is O=C(c1ccc(CBr)c([N+](=O)[O-])c1)c1cc(F)ccc1Cl. The second kappa shape index (κ2) is 6.32. The van der Waals surface area contributed by atoms with Crippen LogP contribution in [0.4, 0.5) is 10.1 Å². The molecule has 2 rings (SSSR count). The third-order valence-corrected chi connectivity index (χ3v) is 3.79. The molecule has 0 N–H and O–H groups in total. The van der Waals surface area contributed by atoms with Gasteiger partial charge in [0.15, 0.2) is 5.78 Å². The van der Waals surface area contributed by atoms with E-state index in [0.29, 0.717) is 10.9 Å². The van der Waals surface area contributed by atoms with Crippen LogP contribution >= 0.6 is 27.5 Å².